The van der Waals surface area contributed by atoms with E-state index < -0.39 is 17.4 Å². The molecule has 3 rings (SSSR count). The molecule has 174 valence electrons. The summed E-state index contributed by atoms with van der Waals surface area (Å²) in [5, 5.41) is 29.1. The van der Waals surface area contributed by atoms with Gasteiger partial charge in [0, 0.05) is 23.9 Å². The van der Waals surface area contributed by atoms with Gasteiger partial charge < -0.3 is 19.4 Å². The molecule has 1 aromatic carbocycles. The van der Waals surface area contributed by atoms with Crippen molar-refractivity contribution in [3.63, 3.8) is 0 Å². The zero-order valence-electron chi connectivity index (χ0n) is 18.1. The topological polar surface area (TPSA) is 126 Å². The van der Waals surface area contributed by atoms with E-state index in [1.807, 2.05) is 6.07 Å². The van der Waals surface area contributed by atoms with Crippen molar-refractivity contribution >= 4 is 30.2 Å². The van der Waals surface area contributed by atoms with Crippen molar-refractivity contribution in [1.82, 2.24) is 4.57 Å². The molecular weight excluding hydrogens is 460 g/mol. The van der Waals surface area contributed by atoms with Gasteiger partial charge in [0.15, 0.2) is 0 Å². The van der Waals surface area contributed by atoms with Crippen LogP contribution in [0.25, 0.3) is 24.0 Å². The average Bonchev–Trinajstić information content (AvgIpc) is 3.29. The minimum atomic E-state index is -0.608. The maximum absolute atomic E-state index is 12.9. The molecule has 0 aliphatic heterocycles. The molecule has 0 atom stereocenters. The van der Waals surface area contributed by atoms with Crippen molar-refractivity contribution in [2.45, 2.75) is 13.0 Å². The fourth-order valence-corrected chi connectivity index (χ4v) is 3.45. The van der Waals surface area contributed by atoms with Crippen molar-refractivity contribution in [3.05, 3.63) is 85.7 Å². The van der Waals surface area contributed by atoms with Crippen LogP contribution in [0.15, 0.2) is 52.2 Å². The minimum absolute atomic E-state index is 0.0237. The van der Waals surface area contributed by atoms with Gasteiger partial charge in [-0.05, 0) is 42.8 Å². The third-order valence-electron chi connectivity index (χ3n) is 4.95. The number of benzene rings is 1. The molecule has 0 aliphatic carbocycles. The molecular formula is C25H21ClN2O6. The standard InChI is InChI=1S/C25H21ClN2O6/c1-3-11-33-25(32)19-12-16(5-7-21(19)26)22-8-6-17(34-22)13-18-15(2)20(14-27)24(31)28(23(18)30)9-4-10-29/h3,5-8,12-13,29,31H,1-2,4,9-11H2/b18-13+. The first-order valence-corrected chi connectivity index (χ1v) is 10.5. The highest BCUT2D eigenvalue weighted by atomic mass is 35.5. The van der Waals surface area contributed by atoms with Crippen molar-refractivity contribution in [1.29, 1.82) is 5.26 Å². The molecule has 0 spiro atoms. The smallest absolute Gasteiger partial charge is 0.339 e. The Morgan fingerprint density at radius 1 is 1.32 bits per heavy atom. The van der Waals surface area contributed by atoms with Crippen molar-refractivity contribution < 1.29 is 24.2 Å². The maximum atomic E-state index is 12.9. The fraction of sp³-hybridized carbons (Fsp3) is 0.160. The van der Waals surface area contributed by atoms with Gasteiger partial charge in [0.1, 0.15) is 29.8 Å². The fourth-order valence-electron chi connectivity index (χ4n) is 3.25. The molecule has 34 heavy (non-hydrogen) atoms. The minimum Gasteiger partial charge on any atom is -0.493 e. The van der Waals surface area contributed by atoms with Crippen molar-refractivity contribution in [3.8, 4) is 23.3 Å². The van der Waals surface area contributed by atoms with Gasteiger partial charge in [-0.2, -0.15) is 5.26 Å². The zero-order chi connectivity index (χ0) is 24.8. The Kier molecular flexibility index (Phi) is 7.74. The van der Waals surface area contributed by atoms with Crippen LogP contribution >= 0.6 is 11.6 Å². The molecule has 3 aromatic rings. The third kappa shape index (κ3) is 4.96. The summed E-state index contributed by atoms with van der Waals surface area (Å²) in [5.41, 5.74) is -0.0113. The highest BCUT2D eigenvalue weighted by Gasteiger charge is 2.16. The maximum Gasteiger partial charge on any atom is 0.339 e. The number of carbonyl (C=O) groups excluding carboxylic acids is 1. The molecule has 2 N–H and O–H groups in total. The quantitative estimate of drug-likeness (QED) is 0.374. The van der Waals surface area contributed by atoms with E-state index in [0.717, 1.165) is 4.57 Å². The molecule has 2 heterocycles. The molecule has 8 nitrogen and oxygen atoms in total. The number of aromatic hydroxyl groups is 1. The van der Waals surface area contributed by atoms with Gasteiger partial charge in [-0.25, -0.2) is 4.79 Å². The van der Waals surface area contributed by atoms with Crippen LogP contribution in [-0.4, -0.2) is 34.0 Å². The van der Waals surface area contributed by atoms with Gasteiger partial charge in [-0.3, -0.25) is 9.36 Å². The second-order valence-corrected chi connectivity index (χ2v) is 7.57. The third-order valence-corrected chi connectivity index (χ3v) is 5.28. The van der Waals surface area contributed by atoms with E-state index in [-0.39, 0.29) is 58.5 Å². The molecule has 0 aliphatic rings. The van der Waals surface area contributed by atoms with Gasteiger partial charge in [0.2, 0.25) is 5.88 Å². The number of esters is 1. The van der Waals surface area contributed by atoms with Crippen LogP contribution in [0.5, 0.6) is 5.88 Å². The molecule has 2 aromatic heterocycles. The number of pyridine rings is 1. The number of hydrogen-bond donors (Lipinski definition) is 2. The predicted octanol–water partition coefficient (Wildman–Crippen LogP) is 2.30. The summed E-state index contributed by atoms with van der Waals surface area (Å²) < 4.78 is 11.9. The zero-order valence-corrected chi connectivity index (χ0v) is 18.8. The lowest BCUT2D eigenvalue weighted by Crippen LogP contribution is -2.46. The number of carbonyl (C=O) groups is 1. The number of aliphatic hydroxyl groups is 1. The number of ether oxygens (including phenoxy) is 1. The molecule has 0 saturated carbocycles. The first kappa shape index (κ1) is 24.6. The number of halogens is 1. The predicted molar refractivity (Wildman–Crippen MR) is 127 cm³/mol. The van der Waals surface area contributed by atoms with E-state index in [4.69, 9.17) is 25.9 Å². The Balaban J connectivity index is 2.07. The summed E-state index contributed by atoms with van der Waals surface area (Å²) in [7, 11) is 0. The lowest BCUT2D eigenvalue weighted by Gasteiger charge is -2.09. The molecule has 0 fully saturated rings. The van der Waals surface area contributed by atoms with Gasteiger partial charge in [-0.1, -0.05) is 30.8 Å². The molecule has 0 bridgehead atoms. The molecule has 0 unspecified atom stereocenters. The highest BCUT2D eigenvalue weighted by molar-refractivity contribution is 6.33. The van der Waals surface area contributed by atoms with Crippen molar-refractivity contribution in [2.75, 3.05) is 13.2 Å². The van der Waals surface area contributed by atoms with Gasteiger partial charge in [0.05, 0.1) is 15.8 Å². The molecule has 9 heteroatoms. The normalized spacial score (nSPS) is 11.3. The highest BCUT2D eigenvalue weighted by Crippen LogP contribution is 2.27. The summed E-state index contributed by atoms with van der Waals surface area (Å²) >= 11 is 6.13. The number of nitriles is 1. The van der Waals surface area contributed by atoms with Crippen LogP contribution in [0, 0.1) is 11.3 Å². The Hall–Kier alpha value is -4.06. The molecule has 0 saturated heterocycles. The second-order valence-electron chi connectivity index (χ2n) is 7.16. The molecule has 0 radical (unpaired) electrons. The van der Waals surface area contributed by atoms with Crippen LogP contribution in [0.2, 0.25) is 5.02 Å². The molecule has 0 amide bonds. The van der Waals surface area contributed by atoms with Crippen molar-refractivity contribution in [2.24, 2.45) is 0 Å². The Morgan fingerprint density at radius 2 is 2.09 bits per heavy atom. The number of aliphatic hydroxyl groups excluding tert-OH is 1. The van der Waals surface area contributed by atoms with E-state index in [2.05, 4.69) is 13.2 Å². The van der Waals surface area contributed by atoms with E-state index in [9.17, 15) is 20.0 Å². The van der Waals surface area contributed by atoms with E-state index >= 15 is 0 Å². The van der Waals surface area contributed by atoms with E-state index in [0.29, 0.717) is 11.3 Å². The van der Waals surface area contributed by atoms with Crippen LogP contribution in [-0.2, 0) is 11.3 Å². The lowest BCUT2D eigenvalue weighted by molar-refractivity contribution is 0.0550. The Bertz CT molecular complexity index is 1460. The van der Waals surface area contributed by atoms with E-state index in [1.165, 1.54) is 18.2 Å². The Labute approximate surface area is 199 Å². The van der Waals surface area contributed by atoms with E-state index in [1.54, 1.807) is 24.3 Å². The first-order chi connectivity index (χ1) is 16.3. The van der Waals surface area contributed by atoms with Gasteiger partial charge in [0.25, 0.3) is 5.56 Å². The number of nitrogens with zero attached hydrogens (tertiary/aromatic N) is 2. The van der Waals surface area contributed by atoms with Crippen LogP contribution < -0.4 is 16.0 Å². The van der Waals surface area contributed by atoms with Crippen LogP contribution in [0.1, 0.15) is 28.1 Å². The first-order valence-electron chi connectivity index (χ1n) is 10.2. The lowest BCUT2D eigenvalue weighted by atomic mass is 10.1. The SMILES string of the molecule is C=CCOC(=O)c1cc(-c2ccc(/C=c3\c(=C)c(C#N)c(O)n(CCCO)c3=O)o2)ccc1Cl. The second kappa shape index (κ2) is 10.7. The summed E-state index contributed by atoms with van der Waals surface area (Å²) in [6.07, 6.45) is 3.08. The van der Waals surface area contributed by atoms with Gasteiger partial charge >= 0.3 is 5.97 Å². The summed E-state index contributed by atoms with van der Waals surface area (Å²) in [6.45, 7) is 7.14. The van der Waals surface area contributed by atoms with Crippen LogP contribution in [0.4, 0.5) is 0 Å². The number of hydrogen-bond acceptors (Lipinski definition) is 7. The summed E-state index contributed by atoms with van der Waals surface area (Å²) in [5.74, 6) is -0.430. The number of aromatic nitrogens is 1. The van der Waals surface area contributed by atoms with Gasteiger partial charge in [-0.15, -0.1) is 0 Å². The summed E-state index contributed by atoms with van der Waals surface area (Å²) in [6, 6.07) is 9.84. The monoisotopic (exact) mass is 480 g/mol. The Morgan fingerprint density at radius 3 is 2.76 bits per heavy atom. The largest absolute Gasteiger partial charge is 0.493 e. The summed E-state index contributed by atoms with van der Waals surface area (Å²) in [4.78, 5) is 25.2. The number of rotatable bonds is 8. The van der Waals surface area contributed by atoms with Crippen LogP contribution in [0.3, 0.4) is 0 Å². The average molecular weight is 481 g/mol. The number of furan rings is 1.